The van der Waals surface area contributed by atoms with Gasteiger partial charge in [0, 0.05) is 25.9 Å². The number of amides is 2. The molecular weight excluding hydrogens is 242 g/mol. The first-order valence-corrected chi connectivity index (χ1v) is 6.75. The van der Waals surface area contributed by atoms with Crippen molar-refractivity contribution in [3.8, 4) is 6.07 Å². The molecule has 0 radical (unpaired) electrons. The first-order chi connectivity index (χ1) is 8.80. The summed E-state index contributed by atoms with van der Waals surface area (Å²) in [5.41, 5.74) is -1.20. The van der Waals surface area contributed by atoms with Crippen LogP contribution in [0.3, 0.4) is 0 Å². The van der Waals surface area contributed by atoms with Crippen LogP contribution in [0.2, 0.25) is 0 Å². The van der Waals surface area contributed by atoms with Crippen molar-refractivity contribution in [3.63, 3.8) is 0 Å². The number of piperidine rings is 2. The third-order valence-corrected chi connectivity index (χ3v) is 4.21. The van der Waals surface area contributed by atoms with Gasteiger partial charge in [-0.25, -0.2) is 0 Å². The van der Waals surface area contributed by atoms with Crippen LogP contribution in [-0.4, -0.2) is 47.3 Å². The van der Waals surface area contributed by atoms with Gasteiger partial charge in [-0.15, -0.1) is 0 Å². The van der Waals surface area contributed by atoms with E-state index in [1.54, 1.807) is 0 Å². The summed E-state index contributed by atoms with van der Waals surface area (Å²) in [6, 6.07) is 2.25. The van der Waals surface area contributed by atoms with Gasteiger partial charge in [0.15, 0.2) is 0 Å². The lowest BCUT2D eigenvalue weighted by atomic mass is 9.78. The predicted molar refractivity (Wildman–Crippen MR) is 69.9 cm³/mol. The topological polar surface area (TPSA) is 64.4 Å². The Bertz CT molecular complexity index is 422. The van der Waals surface area contributed by atoms with Gasteiger partial charge in [0.25, 0.3) is 0 Å². The zero-order chi connectivity index (χ0) is 14.3. The van der Waals surface area contributed by atoms with Crippen molar-refractivity contribution in [1.29, 1.82) is 5.26 Å². The van der Waals surface area contributed by atoms with E-state index in [-0.39, 0.29) is 17.2 Å². The molecule has 0 unspecified atom stereocenters. The van der Waals surface area contributed by atoms with Crippen LogP contribution in [0.1, 0.15) is 39.5 Å². The number of hydrogen-bond acceptors (Lipinski definition) is 4. The summed E-state index contributed by atoms with van der Waals surface area (Å²) in [6.07, 6.45) is 1.80. The Balaban J connectivity index is 2.27. The van der Waals surface area contributed by atoms with Gasteiger partial charge in [0.05, 0.1) is 6.07 Å². The SMILES string of the molecule is CN1CCC(C#N)(N2C(=O)CC(C)(C)CC2=O)CC1. The number of imide groups is 1. The molecule has 19 heavy (non-hydrogen) atoms. The van der Waals surface area contributed by atoms with Crippen LogP contribution in [0.15, 0.2) is 0 Å². The Hall–Kier alpha value is -1.41. The quantitative estimate of drug-likeness (QED) is 0.666. The van der Waals surface area contributed by atoms with E-state index in [0.717, 1.165) is 13.1 Å². The van der Waals surface area contributed by atoms with Gasteiger partial charge in [-0.1, -0.05) is 13.8 Å². The lowest BCUT2D eigenvalue weighted by Crippen LogP contribution is -2.61. The summed E-state index contributed by atoms with van der Waals surface area (Å²) >= 11 is 0. The third kappa shape index (κ3) is 2.50. The smallest absolute Gasteiger partial charge is 0.231 e. The molecule has 0 atom stereocenters. The molecule has 2 rings (SSSR count). The Morgan fingerprint density at radius 3 is 2.00 bits per heavy atom. The maximum atomic E-state index is 12.3. The fourth-order valence-electron chi connectivity index (χ4n) is 3.03. The fraction of sp³-hybridized carbons (Fsp3) is 0.786. The van der Waals surface area contributed by atoms with Crippen molar-refractivity contribution in [2.45, 2.75) is 45.1 Å². The molecule has 2 heterocycles. The zero-order valence-corrected chi connectivity index (χ0v) is 11.9. The van der Waals surface area contributed by atoms with Gasteiger partial charge >= 0.3 is 0 Å². The van der Waals surface area contributed by atoms with Crippen molar-refractivity contribution in [1.82, 2.24) is 9.80 Å². The summed E-state index contributed by atoms with van der Waals surface area (Å²) in [7, 11) is 1.99. The van der Waals surface area contributed by atoms with Crippen molar-refractivity contribution in [2.75, 3.05) is 20.1 Å². The lowest BCUT2D eigenvalue weighted by Gasteiger charge is -2.46. The Morgan fingerprint density at radius 1 is 1.11 bits per heavy atom. The van der Waals surface area contributed by atoms with Crippen molar-refractivity contribution >= 4 is 11.8 Å². The molecule has 2 fully saturated rings. The second-order valence-electron chi connectivity index (χ2n) is 6.59. The number of likely N-dealkylation sites (tertiary alicyclic amines) is 2. The number of carbonyl (C=O) groups is 2. The molecule has 2 amide bonds. The highest BCUT2D eigenvalue weighted by Gasteiger charge is 2.49. The van der Waals surface area contributed by atoms with Crippen LogP contribution in [-0.2, 0) is 9.59 Å². The number of carbonyl (C=O) groups excluding carboxylic acids is 2. The molecule has 2 aliphatic heterocycles. The molecule has 0 bridgehead atoms. The van der Waals surface area contributed by atoms with E-state index in [4.69, 9.17) is 0 Å². The average Bonchev–Trinajstić information content (AvgIpc) is 2.29. The minimum Gasteiger partial charge on any atom is -0.306 e. The fourth-order valence-corrected chi connectivity index (χ4v) is 3.03. The average molecular weight is 263 g/mol. The van der Waals surface area contributed by atoms with Crippen LogP contribution in [0, 0.1) is 16.7 Å². The van der Waals surface area contributed by atoms with Gasteiger partial charge in [-0.3, -0.25) is 14.5 Å². The van der Waals surface area contributed by atoms with E-state index in [9.17, 15) is 14.9 Å². The highest BCUT2D eigenvalue weighted by atomic mass is 16.2. The molecule has 0 aromatic rings. The van der Waals surface area contributed by atoms with E-state index in [1.165, 1.54) is 4.90 Å². The van der Waals surface area contributed by atoms with Crippen LogP contribution in [0.5, 0.6) is 0 Å². The molecule has 0 saturated carbocycles. The summed E-state index contributed by atoms with van der Waals surface area (Å²) in [4.78, 5) is 28.0. The summed E-state index contributed by atoms with van der Waals surface area (Å²) in [6.45, 7) is 5.34. The molecular formula is C14H21N3O2. The molecule has 5 nitrogen and oxygen atoms in total. The van der Waals surface area contributed by atoms with Crippen LogP contribution < -0.4 is 0 Å². The van der Waals surface area contributed by atoms with Crippen LogP contribution >= 0.6 is 0 Å². The molecule has 0 aromatic heterocycles. The zero-order valence-electron chi connectivity index (χ0n) is 11.9. The van der Waals surface area contributed by atoms with E-state index >= 15 is 0 Å². The van der Waals surface area contributed by atoms with E-state index in [2.05, 4.69) is 11.0 Å². The number of nitrogens with zero attached hydrogens (tertiary/aromatic N) is 3. The minimum atomic E-state index is -0.919. The maximum absolute atomic E-state index is 12.3. The maximum Gasteiger partial charge on any atom is 0.231 e. The van der Waals surface area contributed by atoms with E-state index in [1.807, 2.05) is 20.9 Å². The summed E-state index contributed by atoms with van der Waals surface area (Å²) in [5, 5.41) is 9.53. The third-order valence-electron chi connectivity index (χ3n) is 4.21. The Morgan fingerprint density at radius 2 is 1.58 bits per heavy atom. The molecule has 0 aliphatic carbocycles. The molecule has 2 aliphatic rings. The van der Waals surface area contributed by atoms with E-state index < -0.39 is 5.54 Å². The second kappa shape index (κ2) is 4.61. The second-order valence-corrected chi connectivity index (χ2v) is 6.59. The van der Waals surface area contributed by atoms with Gasteiger partial charge in [-0.2, -0.15) is 5.26 Å². The Labute approximate surface area is 114 Å². The Kier molecular flexibility index (Phi) is 3.40. The minimum absolute atomic E-state index is 0.188. The van der Waals surface area contributed by atoms with Crippen molar-refractivity contribution < 1.29 is 9.59 Å². The molecule has 0 aromatic carbocycles. The molecule has 2 saturated heterocycles. The predicted octanol–water partition coefficient (Wildman–Crippen LogP) is 1.15. The standard InChI is InChI=1S/C14H21N3O2/c1-13(2)8-11(18)17(12(19)9-13)14(10-15)4-6-16(3)7-5-14/h4-9H2,1-3H3. The van der Waals surface area contributed by atoms with Gasteiger partial charge < -0.3 is 4.90 Å². The number of hydrogen-bond donors (Lipinski definition) is 0. The molecule has 5 heteroatoms. The normalized spacial score (nSPS) is 27.2. The number of rotatable bonds is 1. The summed E-state index contributed by atoms with van der Waals surface area (Å²) < 4.78 is 0. The molecule has 104 valence electrons. The van der Waals surface area contributed by atoms with Crippen LogP contribution in [0.25, 0.3) is 0 Å². The highest BCUT2D eigenvalue weighted by Crippen LogP contribution is 2.38. The molecule has 0 spiro atoms. The summed E-state index contributed by atoms with van der Waals surface area (Å²) in [5.74, 6) is -0.375. The van der Waals surface area contributed by atoms with Crippen molar-refractivity contribution in [2.24, 2.45) is 5.41 Å². The first kappa shape index (κ1) is 14.0. The van der Waals surface area contributed by atoms with Gasteiger partial charge in [0.1, 0.15) is 5.54 Å². The van der Waals surface area contributed by atoms with Crippen molar-refractivity contribution in [3.05, 3.63) is 0 Å². The monoisotopic (exact) mass is 263 g/mol. The number of nitriles is 1. The highest BCUT2D eigenvalue weighted by molar-refractivity contribution is 5.99. The van der Waals surface area contributed by atoms with Gasteiger partial charge in [0.2, 0.25) is 11.8 Å². The largest absolute Gasteiger partial charge is 0.306 e. The lowest BCUT2D eigenvalue weighted by molar-refractivity contribution is -0.159. The van der Waals surface area contributed by atoms with Crippen LogP contribution in [0.4, 0.5) is 0 Å². The van der Waals surface area contributed by atoms with E-state index in [0.29, 0.717) is 25.7 Å². The molecule has 0 N–H and O–H groups in total. The first-order valence-electron chi connectivity index (χ1n) is 6.75. The van der Waals surface area contributed by atoms with Gasteiger partial charge in [-0.05, 0) is 25.3 Å².